The molecule has 0 radical (unpaired) electrons. The van der Waals surface area contributed by atoms with Crippen molar-refractivity contribution in [3.8, 4) is 0 Å². The molecule has 68 valence electrons. The van der Waals surface area contributed by atoms with E-state index in [0.717, 1.165) is 0 Å². The zero-order chi connectivity index (χ0) is 9.02. The molecule has 0 aliphatic carbocycles. The maximum atomic E-state index is 5.40. The lowest BCUT2D eigenvalue weighted by Gasteiger charge is -2.34. The van der Waals surface area contributed by atoms with Crippen molar-refractivity contribution in [2.24, 2.45) is 0 Å². The smallest absolute Gasteiger partial charge is 0.251 e. The van der Waals surface area contributed by atoms with E-state index < -0.39 is 9.20 Å². The van der Waals surface area contributed by atoms with E-state index in [1.54, 1.807) is 0 Å². The van der Waals surface area contributed by atoms with Gasteiger partial charge < -0.3 is 8.99 Å². The predicted octanol–water partition coefficient (Wildman–Crippen LogP) is 1.60. The Morgan fingerprint density at radius 1 is 1.09 bits per heavy atom. The van der Waals surface area contributed by atoms with Gasteiger partial charge in [0, 0.05) is 7.11 Å². The molecule has 0 bridgehead atoms. The molecule has 0 fully saturated rings. The van der Waals surface area contributed by atoms with Gasteiger partial charge >= 0.3 is 0 Å². The second kappa shape index (κ2) is 4.90. The van der Waals surface area contributed by atoms with Crippen molar-refractivity contribution in [1.82, 2.24) is 4.57 Å². The van der Waals surface area contributed by atoms with Crippen molar-refractivity contribution in [3.63, 3.8) is 0 Å². The van der Waals surface area contributed by atoms with E-state index in [2.05, 4.69) is 38.8 Å². The zero-order valence-electron chi connectivity index (χ0n) is 8.59. The number of hydrogen-bond donors (Lipinski definition) is 0. The van der Waals surface area contributed by atoms with E-state index in [1.165, 1.54) is 0 Å². The summed E-state index contributed by atoms with van der Waals surface area (Å²) in [6.07, 6.45) is 0. The first-order chi connectivity index (χ1) is 5.00. The second-order valence-electron chi connectivity index (χ2n) is 3.47. The van der Waals surface area contributed by atoms with Crippen molar-refractivity contribution < 1.29 is 4.43 Å². The van der Waals surface area contributed by atoms with Crippen molar-refractivity contribution in [3.05, 3.63) is 0 Å². The largest absolute Gasteiger partial charge is 0.409 e. The number of hydrogen-bond acceptors (Lipinski definition) is 2. The molecule has 0 heterocycles. The van der Waals surface area contributed by atoms with Gasteiger partial charge in [0.15, 0.2) is 0 Å². The summed E-state index contributed by atoms with van der Waals surface area (Å²) in [6.45, 7) is 11.1. The monoisotopic (exact) mass is 175 g/mol. The van der Waals surface area contributed by atoms with Gasteiger partial charge in [0.2, 0.25) is 0 Å². The van der Waals surface area contributed by atoms with Crippen LogP contribution in [0.2, 0.25) is 6.55 Å². The first-order valence-corrected chi connectivity index (χ1v) is 6.45. The van der Waals surface area contributed by atoms with Crippen LogP contribution in [0.4, 0.5) is 0 Å². The molecular weight excluding hydrogens is 154 g/mol. The van der Waals surface area contributed by atoms with Crippen molar-refractivity contribution in [1.29, 1.82) is 0 Å². The quantitative estimate of drug-likeness (QED) is 0.602. The fourth-order valence-corrected chi connectivity index (χ4v) is 3.48. The van der Waals surface area contributed by atoms with Gasteiger partial charge in [0.25, 0.3) is 9.20 Å². The molecule has 0 aromatic heterocycles. The highest BCUT2D eigenvalue weighted by Crippen LogP contribution is 2.07. The Hall–Kier alpha value is 0.137. The Morgan fingerprint density at radius 2 is 1.45 bits per heavy atom. The van der Waals surface area contributed by atoms with Crippen LogP contribution in [0.3, 0.4) is 0 Å². The molecule has 3 heteroatoms. The molecule has 0 rings (SSSR count). The van der Waals surface area contributed by atoms with Crippen LogP contribution in [-0.2, 0) is 4.43 Å². The topological polar surface area (TPSA) is 12.5 Å². The van der Waals surface area contributed by atoms with Crippen LogP contribution < -0.4 is 0 Å². The second-order valence-corrected chi connectivity index (χ2v) is 5.74. The zero-order valence-corrected chi connectivity index (χ0v) is 9.74. The van der Waals surface area contributed by atoms with Gasteiger partial charge in [0.1, 0.15) is 0 Å². The lowest BCUT2D eigenvalue weighted by molar-refractivity contribution is 0.243. The van der Waals surface area contributed by atoms with Crippen LogP contribution in [0.5, 0.6) is 0 Å². The van der Waals surface area contributed by atoms with Gasteiger partial charge in [-0.2, -0.15) is 0 Å². The summed E-state index contributed by atoms with van der Waals surface area (Å²) in [5.74, 6) is 0. The Kier molecular flexibility index (Phi) is 4.96. The third-order valence-corrected chi connectivity index (χ3v) is 4.67. The summed E-state index contributed by atoms with van der Waals surface area (Å²) >= 11 is 0. The molecule has 0 N–H and O–H groups in total. The molecule has 1 atom stereocenters. The first kappa shape index (κ1) is 11.1. The van der Waals surface area contributed by atoms with Crippen molar-refractivity contribution in [2.45, 2.75) is 46.3 Å². The van der Waals surface area contributed by atoms with Crippen LogP contribution in [0.1, 0.15) is 27.7 Å². The molecule has 0 aliphatic heterocycles. The molecule has 0 saturated carbocycles. The van der Waals surface area contributed by atoms with E-state index in [4.69, 9.17) is 4.43 Å². The van der Waals surface area contributed by atoms with E-state index in [0.29, 0.717) is 12.1 Å². The minimum absolute atomic E-state index is 0.608. The Balaban J connectivity index is 4.09. The summed E-state index contributed by atoms with van der Waals surface area (Å²) < 4.78 is 7.87. The number of nitrogens with zero attached hydrogens (tertiary/aromatic N) is 1. The maximum absolute atomic E-state index is 5.40. The first-order valence-electron chi connectivity index (χ1n) is 4.31. The highest BCUT2D eigenvalue weighted by molar-refractivity contribution is 6.47. The molecule has 0 aromatic rings. The van der Waals surface area contributed by atoms with Crippen molar-refractivity contribution in [2.75, 3.05) is 7.11 Å². The highest BCUT2D eigenvalue weighted by Gasteiger charge is 2.20. The van der Waals surface area contributed by atoms with Crippen molar-refractivity contribution >= 4 is 9.20 Å². The standard InChI is InChI=1S/C8H21NOSi/c1-7(2)9(8(3)4)11(6)10-5/h7-8,11H,1-6H3. The molecular formula is C8H21NOSi. The predicted molar refractivity (Wildman–Crippen MR) is 52.1 cm³/mol. The van der Waals surface area contributed by atoms with E-state index in [1.807, 2.05) is 7.11 Å². The normalized spacial score (nSPS) is 15.0. The Bertz CT molecular complexity index is 98.3. The molecule has 11 heavy (non-hydrogen) atoms. The SMILES string of the molecule is CO[SiH](C)N(C(C)C)C(C)C. The molecule has 0 saturated heterocycles. The molecule has 2 nitrogen and oxygen atoms in total. The van der Waals surface area contributed by atoms with E-state index >= 15 is 0 Å². The maximum Gasteiger partial charge on any atom is 0.251 e. The molecule has 0 aromatic carbocycles. The van der Waals surface area contributed by atoms with Gasteiger partial charge in [-0.3, -0.25) is 0 Å². The lowest BCUT2D eigenvalue weighted by Crippen LogP contribution is -2.47. The summed E-state index contributed by atoms with van der Waals surface area (Å²) in [7, 11) is 0.735. The van der Waals surface area contributed by atoms with Crippen LogP contribution in [0, 0.1) is 0 Å². The van der Waals surface area contributed by atoms with E-state index in [-0.39, 0.29) is 0 Å². The fourth-order valence-electron chi connectivity index (χ4n) is 1.56. The van der Waals surface area contributed by atoms with Gasteiger partial charge in [-0.15, -0.1) is 0 Å². The average molecular weight is 175 g/mol. The van der Waals surface area contributed by atoms with E-state index in [9.17, 15) is 0 Å². The molecule has 0 amide bonds. The van der Waals surface area contributed by atoms with Gasteiger partial charge in [0.05, 0.1) is 0 Å². The molecule has 0 spiro atoms. The van der Waals surface area contributed by atoms with Gasteiger partial charge in [-0.05, 0) is 18.6 Å². The van der Waals surface area contributed by atoms with Crippen LogP contribution in [-0.4, -0.2) is 33.0 Å². The van der Waals surface area contributed by atoms with Gasteiger partial charge in [-0.25, -0.2) is 0 Å². The van der Waals surface area contributed by atoms with Crippen LogP contribution in [0.15, 0.2) is 0 Å². The summed E-state index contributed by atoms with van der Waals surface area (Å²) in [4.78, 5) is 0. The fraction of sp³-hybridized carbons (Fsp3) is 1.00. The van der Waals surface area contributed by atoms with Gasteiger partial charge in [-0.1, -0.05) is 27.7 Å². The Labute approximate surface area is 72.3 Å². The Morgan fingerprint density at radius 3 is 1.55 bits per heavy atom. The minimum atomic E-state index is -1.08. The summed E-state index contributed by atoms with van der Waals surface area (Å²) in [6, 6.07) is 1.22. The highest BCUT2D eigenvalue weighted by atomic mass is 28.3. The van der Waals surface area contributed by atoms with Crippen LogP contribution >= 0.6 is 0 Å². The summed E-state index contributed by atoms with van der Waals surface area (Å²) in [5, 5.41) is 0. The molecule has 0 aliphatic rings. The minimum Gasteiger partial charge on any atom is -0.409 e. The number of rotatable bonds is 4. The molecule has 1 unspecified atom stereocenters. The van der Waals surface area contributed by atoms with Crippen LogP contribution in [0.25, 0.3) is 0 Å². The third kappa shape index (κ3) is 3.36. The third-order valence-electron chi connectivity index (χ3n) is 1.95. The lowest BCUT2D eigenvalue weighted by atomic mass is 10.3. The summed E-state index contributed by atoms with van der Waals surface area (Å²) in [5.41, 5.74) is 0. The average Bonchev–Trinajstić information content (AvgIpc) is 1.85.